The van der Waals surface area contributed by atoms with Crippen LogP contribution in [0.15, 0.2) is 54.6 Å². The van der Waals surface area contributed by atoms with Crippen molar-refractivity contribution in [2.45, 2.75) is 12.6 Å². The van der Waals surface area contributed by atoms with Crippen LogP contribution in [0.3, 0.4) is 0 Å². The largest absolute Gasteiger partial charge is 0.399 e. The number of anilines is 1. The van der Waals surface area contributed by atoms with Gasteiger partial charge in [0.1, 0.15) is 12.6 Å². The zero-order chi connectivity index (χ0) is 16.7. The maximum Gasteiger partial charge on any atom is 0.247 e. The highest BCUT2D eigenvalue weighted by Gasteiger charge is 2.22. The van der Waals surface area contributed by atoms with Gasteiger partial charge in [0, 0.05) is 12.2 Å². The Kier molecular flexibility index (Phi) is 5.71. The van der Waals surface area contributed by atoms with E-state index in [4.69, 9.17) is 10.8 Å². The number of aliphatic hydroxyl groups is 1. The Morgan fingerprint density at radius 3 is 2.48 bits per heavy atom. The van der Waals surface area contributed by atoms with Crippen molar-refractivity contribution in [2.75, 3.05) is 12.3 Å². The summed E-state index contributed by atoms with van der Waals surface area (Å²) in [5.41, 5.74) is 7.82. The molecule has 0 radical (unpaired) electrons. The highest BCUT2D eigenvalue weighted by atomic mass is 16.3. The lowest BCUT2D eigenvalue weighted by Crippen LogP contribution is -2.41. The molecule has 0 aliphatic carbocycles. The molecule has 0 saturated carbocycles. The van der Waals surface area contributed by atoms with Gasteiger partial charge < -0.3 is 21.5 Å². The molecule has 23 heavy (non-hydrogen) atoms. The number of aliphatic hydroxyl groups excluding tert-OH is 1. The quantitative estimate of drug-likeness (QED) is 0.590. The summed E-state index contributed by atoms with van der Waals surface area (Å²) < 4.78 is 0. The van der Waals surface area contributed by atoms with Gasteiger partial charge in [0.15, 0.2) is 0 Å². The fraction of sp³-hybridized carbons (Fsp3) is 0.176. The third-order valence-corrected chi connectivity index (χ3v) is 3.26. The maximum atomic E-state index is 12.4. The summed E-state index contributed by atoms with van der Waals surface area (Å²) in [6.07, 6.45) is 0. The number of nitrogen functional groups attached to an aromatic ring is 1. The van der Waals surface area contributed by atoms with Gasteiger partial charge in [-0.05, 0) is 23.3 Å². The molecule has 0 heterocycles. The van der Waals surface area contributed by atoms with Crippen LogP contribution in [0, 0.1) is 0 Å². The Labute approximate surface area is 134 Å². The van der Waals surface area contributed by atoms with E-state index < -0.39 is 18.6 Å². The molecule has 2 rings (SSSR count). The molecule has 2 aromatic rings. The van der Waals surface area contributed by atoms with Gasteiger partial charge in [-0.3, -0.25) is 9.59 Å². The van der Waals surface area contributed by atoms with Crippen LogP contribution < -0.4 is 16.4 Å². The van der Waals surface area contributed by atoms with Gasteiger partial charge in [-0.2, -0.15) is 0 Å². The van der Waals surface area contributed by atoms with E-state index in [2.05, 4.69) is 10.6 Å². The number of hydrogen-bond donors (Lipinski definition) is 4. The van der Waals surface area contributed by atoms with E-state index in [9.17, 15) is 9.59 Å². The molecule has 0 aliphatic heterocycles. The van der Waals surface area contributed by atoms with E-state index in [1.165, 1.54) is 0 Å². The van der Waals surface area contributed by atoms with Crippen molar-refractivity contribution >= 4 is 17.5 Å². The standard InChI is InChI=1S/C17H19N3O3/c18-14-8-4-5-12(9-14)10-19-17(23)16(20-15(22)11-21)13-6-2-1-3-7-13/h1-9,16,21H,10-11,18H2,(H,19,23)(H,20,22). The lowest BCUT2D eigenvalue weighted by molar-refractivity contribution is -0.130. The number of rotatable bonds is 6. The summed E-state index contributed by atoms with van der Waals surface area (Å²) in [5.74, 6) is -0.974. The normalized spacial score (nSPS) is 11.5. The molecule has 120 valence electrons. The van der Waals surface area contributed by atoms with E-state index in [-0.39, 0.29) is 5.91 Å². The lowest BCUT2D eigenvalue weighted by atomic mass is 10.1. The molecule has 0 aromatic heterocycles. The average molecular weight is 313 g/mol. The van der Waals surface area contributed by atoms with Crippen LogP contribution in [0.1, 0.15) is 17.2 Å². The number of benzene rings is 2. The van der Waals surface area contributed by atoms with Gasteiger partial charge in [0.2, 0.25) is 11.8 Å². The summed E-state index contributed by atoms with van der Waals surface area (Å²) in [6, 6.07) is 15.2. The highest BCUT2D eigenvalue weighted by Crippen LogP contribution is 2.13. The number of nitrogens with two attached hydrogens (primary N) is 1. The molecule has 6 heteroatoms. The van der Waals surface area contributed by atoms with Gasteiger partial charge in [0.25, 0.3) is 0 Å². The van der Waals surface area contributed by atoms with E-state index in [1.807, 2.05) is 12.1 Å². The molecule has 0 fully saturated rings. The summed E-state index contributed by atoms with van der Waals surface area (Å²) in [6.45, 7) is -0.381. The Morgan fingerprint density at radius 2 is 1.83 bits per heavy atom. The predicted molar refractivity (Wildman–Crippen MR) is 87.1 cm³/mol. The van der Waals surface area contributed by atoms with Crippen molar-refractivity contribution in [1.82, 2.24) is 10.6 Å². The van der Waals surface area contributed by atoms with E-state index in [0.717, 1.165) is 5.56 Å². The molecule has 0 aliphatic rings. The van der Waals surface area contributed by atoms with Gasteiger partial charge in [-0.1, -0.05) is 42.5 Å². The third kappa shape index (κ3) is 4.82. The molecule has 1 unspecified atom stereocenters. The fourth-order valence-corrected chi connectivity index (χ4v) is 2.15. The SMILES string of the molecule is Nc1cccc(CNC(=O)C(NC(=O)CO)c2ccccc2)c1. The second-order valence-electron chi connectivity index (χ2n) is 5.03. The lowest BCUT2D eigenvalue weighted by Gasteiger charge is -2.18. The third-order valence-electron chi connectivity index (χ3n) is 3.26. The molecule has 2 amide bonds. The van der Waals surface area contributed by atoms with E-state index in [0.29, 0.717) is 17.8 Å². The molecule has 2 aromatic carbocycles. The van der Waals surface area contributed by atoms with Crippen molar-refractivity contribution in [3.05, 3.63) is 65.7 Å². The van der Waals surface area contributed by atoms with Gasteiger partial charge in [-0.25, -0.2) is 0 Å². The monoisotopic (exact) mass is 313 g/mol. The molecule has 0 saturated heterocycles. The van der Waals surface area contributed by atoms with Crippen LogP contribution in [0.5, 0.6) is 0 Å². The summed E-state index contributed by atoms with van der Waals surface area (Å²) >= 11 is 0. The molecular weight excluding hydrogens is 294 g/mol. The smallest absolute Gasteiger partial charge is 0.247 e. The van der Waals surface area contributed by atoms with Crippen molar-refractivity contribution < 1.29 is 14.7 Å². The van der Waals surface area contributed by atoms with E-state index >= 15 is 0 Å². The number of carbonyl (C=O) groups excluding carboxylic acids is 2. The Morgan fingerprint density at radius 1 is 1.09 bits per heavy atom. The Balaban J connectivity index is 2.08. The van der Waals surface area contributed by atoms with Crippen LogP contribution in [0.4, 0.5) is 5.69 Å². The number of carbonyl (C=O) groups is 2. The number of nitrogens with one attached hydrogen (secondary N) is 2. The van der Waals surface area contributed by atoms with Crippen LogP contribution in [-0.2, 0) is 16.1 Å². The first-order valence-corrected chi connectivity index (χ1v) is 7.17. The molecule has 6 nitrogen and oxygen atoms in total. The minimum Gasteiger partial charge on any atom is -0.399 e. The minimum atomic E-state index is -0.864. The molecule has 0 spiro atoms. The molecule has 0 bridgehead atoms. The van der Waals surface area contributed by atoms with Crippen molar-refractivity contribution in [3.63, 3.8) is 0 Å². The molecular formula is C17H19N3O3. The summed E-state index contributed by atoms with van der Waals surface area (Å²) in [5, 5.41) is 14.2. The first-order chi connectivity index (χ1) is 11.1. The Hall–Kier alpha value is -2.86. The molecule has 1 atom stereocenters. The molecule has 5 N–H and O–H groups in total. The average Bonchev–Trinajstić information content (AvgIpc) is 2.58. The predicted octanol–water partition coefficient (Wildman–Crippen LogP) is 0.735. The van der Waals surface area contributed by atoms with Gasteiger partial charge in [0.05, 0.1) is 0 Å². The highest BCUT2D eigenvalue weighted by molar-refractivity contribution is 5.88. The second-order valence-corrected chi connectivity index (χ2v) is 5.03. The maximum absolute atomic E-state index is 12.4. The fourth-order valence-electron chi connectivity index (χ4n) is 2.15. The van der Waals surface area contributed by atoms with Crippen LogP contribution in [0.25, 0.3) is 0 Å². The summed E-state index contributed by atoms with van der Waals surface area (Å²) in [7, 11) is 0. The minimum absolute atomic E-state index is 0.294. The number of amides is 2. The first kappa shape index (κ1) is 16.5. The zero-order valence-electron chi connectivity index (χ0n) is 12.5. The van der Waals surface area contributed by atoms with Crippen LogP contribution in [0.2, 0.25) is 0 Å². The Bertz CT molecular complexity index is 674. The van der Waals surface area contributed by atoms with Crippen molar-refractivity contribution in [2.24, 2.45) is 0 Å². The zero-order valence-corrected chi connectivity index (χ0v) is 12.5. The van der Waals surface area contributed by atoms with Gasteiger partial charge in [-0.15, -0.1) is 0 Å². The van der Waals surface area contributed by atoms with E-state index in [1.54, 1.807) is 42.5 Å². The van der Waals surface area contributed by atoms with Crippen LogP contribution in [-0.4, -0.2) is 23.5 Å². The summed E-state index contributed by atoms with van der Waals surface area (Å²) in [4.78, 5) is 23.9. The van der Waals surface area contributed by atoms with Crippen LogP contribution >= 0.6 is 0 Å². The second kappa shape index (κ2) is 7.95. The van der Waals surface area contributed by atoms with Gasteiger partial charge >= 0.3 is 0 Å². The first-order valence-electron chi connectivity index (χ1n) is 7.17. The van der Waals surface area contributed by atoms with Crippen molar-refractivity contribution in [3.8, 4) is 0 Å². The number of hydrogen-bond acceptors (Lipinski definition) is 4. The topological polar surface area (TPSA) is 104 Å². The van der Waals surface area contributed by atoms with Crippen molar-refractivity contribution in [1.29, 1.82) is 0 Å².